The van der Waals surface area contributed by atoms with Crippen molar-refractivity contribution in [3.63, 3.8) is 0 Å². The van der Waals surface area contributed by atoms with Gasteiger partial charge in [-0.25, -0.2) is 0 Å². The minimum Gasteiger partial charge on any atom is -0.516 e. The van der Waals surface area contributed by atoms with Gasteiger partial charge in [-0.3, -0.25) is 0 Å². The third-order valence-corrected chi connectivity index (χ3v) is 2.05. The second-order valence-corrected chi connectivity index (χ2v) is 3.23. The van der Waals surface area contributed by atoms with Crippen molar-refractivity contribution in [3.8, 4) is 0 Å². The summed E-state index contributed by atoms with van der Waals surface area (Å²) in [7, 11) is -1.64. The Balaban J connectivity index is 2.94. The molecule has 0 saturated carbocycles. The fraction of sp³-hybridized carbons (Fsp3) is 0. The second-order valence-electron chi connectivity index (χ2n) is 3.23. The minimum absolute atomic E-state index is 0.177. The smallest absolute Gasteiger partial charge is 0.488 e. The van der Waals surface area contributed by atoms with Crippen LogP contribution < -0.4 is 0 Å². The lowest BCUT2D eigenvalue weighted by Gasteiger charge is -2.03. The molecule has 0 bridgehead atoms. The summed E-state index contributed by atoms with van der Waals surface area (Å²) in [5, 5.41) is 26.6. The van der Waals surface area contributed by atoms with Crippen LogP contribution in [0.2, 0.25) is 0 Å². The van der Waals surface area contributed by atoms with E-state index in [0.29, 0.717) is 5.57 Å². The zero-order valence-electron chi connectivity index (χ0n) is 8.74. The summed E-state index contributed by atoms with van der Waals surface area (Å²) in [5.41, 5.74) is 1.70. The molecule has 1 aromatic rings. The molecule has 1 aromatic carbocycles. The Morgan fingerprint density at radius 3 is 2.31 bits per heavy atom. The molecule has 3 nitrogen and oxygen atoms in total. The fourth-order valence-electron chi connectivity index (χ4n) is 1.23. The van der Waals surface area contributed by atoms with E-state index < -0.39 is 7.12 Å². The molecular formula is C12H13BO3. The van der Waals surface area contributed by atoms with Crippen LogP contribution in [0.3, 0.4) is 0 Å². The molecule has 0 aliphatic heterocycles. The van der Waals surface area contributed by atoms with Crippen molar-refractivity contribution in [2.24, 2.45) is 0 Å². The Morgan fingerprint density at radius 1 is 1.19 bits per heavy atom. The Bertz CT molecular complexity index is 408. The fourth-order valence-corrected chi connectivity index (χ4v) is 1.23. The summed E-state index contributed by atoms with van der Waals surface area (Å²) >= 11 is 0. The zero-order valence-corrected chi connectivity index (χ0v) is 8.74. The lowest BCUT2D eigenvalue weighted by atomic mass is 9.78. The first-order valence-electron chi connectivity index (χ1n) is 4.78. The van der Waals surface area contributed by atoms with Gasteiger partial charge in [-0.05, 0) is 22.7 Å². The molecule has 0 spiro atoms. The number of benzene rings is 1. The van der Waals surface area contributed by atoms with E-state index in [0.717, 1.165) is 11.8 Å². The lowest BCUT2D eigenvalue weighted by molar-refractivity contribution is 0.419. The van der Waals surface area contributed by atoms with Gasteiger partial charge in [0, 0.05) is 0 Å². The van der Waals surface area contributed by atoms with Crippen LogP contribution in [0.15, 0.2) is 60.8 Å². The number of hydrogen-bond acceptors (Lipinski definition) is 3. The third-order valence-electron chi connectivity index (χ3n) is 2.05. The van der Waals surface area contributed by atoms with Crippen molar-refractivity contribution >= 4 is 12.7 Å². The van der Waals surface area contributed by atoms with Gasteiger partial charge < -0.3 is 15.2 Å². The average Bonchev–Trinajstić information content (AvgIpc) is 2.29. The highest BCUT2D eigenvalue weighted by molar-refractivity contribution is 6.52. The summed E-state index contributed by atoms with van der Waals surface area (Å²) in [6.45, 7) is 3.82. The summed E-state index contributed by atoms with van der Waals surface area (Å²) in [6.07, 6.45) is 3.47. The predicted molar refractivity (Wildman–Crippen MR) is 65.5 cm³/mol. The minimum atomic E-state index is -1.64. The van der Waals surface area contributed by atoms with Crippen LogP contribution in [0.5, 0.6) is 0 Å². The maximum Gasteiger partial charge on any atom is 0.488 e. The summed E-state index contributed by atoms with van der Waals surface area (Å²) in [6, 6.07) is 9.35. The molecule has 16 heavy (non-hydrogen) atoms. The summed E-state index contributed by atoms with van der Waals surface area (Å²) < 4.78 is 0. The maximum atomic E-state index is 9.02. The van der Waals surface area contributed by atoms with Gasteiger partial charge in [0.25, 0.3) is 0 Å². The second kappa shape index (κ2) is 5.95. The zero-order chi connectivity index (χ0) is 12.0. The Labute approximate surface area is 94.8 Å². The van der Waals surface area contributed by atoms with Gasteiger partial charge in [-0.2, -0.15) is 0 Å². The van der Waals surface area contributed by atoms with Gasteiger partial charge in [-0.1, -0.05) is 43.0 Å². The first-order valence-corrected chi connectivity index (χ1v) is 4.78. The predicted octanol–water partition coefficient (Wildman–Crippen LogP) is 1.71. The van der Waals surface area contributed by atoms with Gasteiger partial charge >= 0.3 is 7.12 Å². The highest BCUT2D eigenvalue weighted by Crippen LogP contribution is 2.15. The van der Waals surface area contributed by atoms with Gasteiger partial charge in [0.1, 0.15) is 0 Å². The van der Waals surface area contributed by atoms with Crippen LogP contribution in [0.4, 0.5) is 0 Å². The van der Waals surface area contributed by atoms with E-state index in [1.165, 1.54) is 12.2 Å². The molecule has 4 heteroatoms. The monoisotopic (exact) mass is 216 g/mol. The van der Waals surface area contributed by atoms with Crippen molar-refractivity contribution in [2.45, 2.75) is 0 Å². The van der Waals surface area contributed by atoms with Crippen molar-refractivity contribution in [3.05, 3.63) is 66.4 Å². The molecule has 0 atom stereocenters. The lowest BCUT2D eigenvalue weighted by Crippen LogP contribution is -2.13. The SMILES string of the molecule is C=C(/C=C(\C=C/O)B(O)O)c1ccccc1. The quantitative estimate of drug-likeness (QED) is 0.408. The number of rotatable bonds is 4. The van der Waals surface area contributed by atoms with Gasteiger partial charge in [-0.15, -0.1) is 0 Å². The van der Waals surface area contributed by atoms with E-state index in [1.807, 2.05) is 30.3 Å². The Kier molecular flexibility index (Phi) is 4.57. The normalized spacial score (nSPS) is 11.8. The molecule has 0 radical (unpaired) electrons. The molecule has 0 amide bonds. The number of aliphatic hydroxyl groups is 1. The number of allylic oxidation sites excluding steroid dienone is 4. The van der Waals surface area contributed by atoms with Crippen LogP contribution in [0.25, 0.3) is 5.57 Å². The van der Waals surface area contributed by atoms with Crippen molar-refractivity contribution in [1.82, 2.24) is 0 Å². The van der Waals surface area contributed by atoms with E-state index in [2.05, 4.69) is 6.58 Å². The van der Waals surface area contributed by atoms with Gasteiger partial charge in [0.15, 0.2) is 0 Å². The maximum absolute atomic E-state index is 9.02. The highest BCUT2D eigenvalue weighted by Gasteiger charge is 2.12. The van der Waals surface area contributed by atoms with Gasteiger partial charge in [0.05, 0.1) is 6.26 Å². The van der Waals surface area contributed by atoms with Crippen LogP contribution in [-0.2, 0) is 0 Å². The van der Waals surface area contributed by atoms with E-state index in [1.54, 1.807) is 0 Å². The first-order chi connectivity index (χ1) is 7.65. The van der Waals surface area contributed by atoms with Crippen LogP contribution in [-0.4, -0.2) is 22.3 Å². The number of hydrogen-bond donors (Lipinski definition) is 3. The van der Waals surface area contributed by atoms with Crippen molar-refractivity contribution < 1.29 is 15.2 Å². The van der Waals surface area contributed by atoms with Crippen LogP contribution in [0.1, 0.15) is 5.56 Å². The van der Waals surface area contributed by atoms with E-state index >= 15 is 0 Å². The molecular weight excluding hydrogens is 203 g/mol. The van der Waals surface area contributed by atoms with Crippen LogP contribution in [0, 0.1) is 0 Å². The molecule has 3 N–H and O–H groups in total. The molecule has 0 fully saturated rings. The first kappa shape index (κ1) is 12.3. The Morgan fingerprint density at radius 2 is 1.81 bits per heavy atom. The largest absolute Gasteiger partial charge is 0.516 e. The molecule has 0 unspecified atom stereocenters. The highest BCUT2D eigenvalue weighted by atomic mass is 16.4. The molecule has 0 saturated heterocycles. The molecule has 0 heterocycles. The van der Waals surface area contributed by atoms with Crippen molar-refractivity contribution in [1.29, 1.82) is 0 Å². The molecule has 0 aliphatic rings. The summed E-state index contributed by atoms with van der Waals surface area (Å²) in [4.78, 5) is 0. The van der Waals surface area contributed by atoms with Gasteiger partial charge in [0.2, 0.25) is 0 Å². The topological polar surface area (TPSA) is 60.7 Å². The standard InChI is InChI=1S/C12H13BO3/c1-10(11-5-3-2-4-6-11)9-12(7-8-14)13(15)16/h2-9,14-16H,1H2/b8-7-,12-9+. The molecule has 1 rings (SSSR count). The van der Waals surface area contributed by atoms with Crippen molar-refractivity contribution in [2.75, 3.05) is 0 Å². The number of aliphatic hydroxyl groups excluding tert-OH is 1. The molecule has 0 aliphatic carbocycles. The molecule has 82 valence electrons. The van der Waals surface area contributed by atoms with E-state index in [-0.39, 0.29) is 5.47 Å². The molecule has 0 aromatic heterocycles. The third kappa shape index (κ3) is 3.42. The average molecular weight is 216 g/mol. The Hall–Kier alpha value is -1.78. The van der Waals surface area contributed by atoms with E-state index in [9.17, 15) is 0 Å². The van der Waals surface area contributed by atoms with Crippen LogP contribution >= 0.6 is 0 Å². The van der Waals surface area contributed by atoms with E-state index in [4.69, 9.17) is 15.2 Å². The summed E-state index contributed by atoms with van der Waals surface area (Å²) in [5.74, 6) is 0.